The number of nitrogens with one attached hydrogen (secondary N) is 2. The van der Waals surface area contributed by atoms with E-state index in [4.69, 9.17) is 4.74 Å². The van der Waals surface area contributed by atoms with Crippen molar-refractivity contribution in [2.24, 2.45) is 0 Å². The van der Waals surface area contributed by atoms with Crippen LogP contribution in [0.4, 0.5) is 0 Å². The van der Waals surface area contributed by atoms with Crippen molar-refractivity contribution in [2.75, 3.05) is 19.7 Å². The number of hydrogen-bond donors (Lipinski definition) is 2. The van der Waals surface area contributed by atoms with E-state index in [2.05, 4.69) is 41.8 Å². The van der Waals surface area contributed by atoms with Crippen molar-refractivity contribution < 1.29 is 9.53 Å². The van der Waals surface area contributed by atoms with Gasteiger partial charge in [0.05, 0.1) is 6.61 Å². The Hall–Kier alpha value is -1.39. The van der Waals surface area contributed by atoms with Crippen molar-refractivity contribution in [3.05, 3.63) is 35.9 Å². The minimum absolute atomic E-state index is 0.0220. The summed E-state index contributed by atoms with van der Waals surface area (Å²) in [4.78, 5) is 12.2. The molecule has 0 unspecified atom stereocenters. The molecular formula is C17H26N2O2. The zero-order valence-electron chi connectivity index (χ0n) is 12.8. The van der Waals surface area contributed by atoms with Crippen LogP contribution >= 0.6 is 0 Å². The van der Waals surface area contributed by atoms with E-state index >= 15 is 0 Å². The van der Waals surface area contributed by atoms with E-state index in [9.17, 15) is 4.79 Å². The molecule has 0 spiro atoms. The summed E-state index contributed by atoms with van der Waals surface area (Å²) in [5.41, 5.74) is 1.32. The molecule has 0 bridgehead atoms. The fourth-order valence-electron chi connectivity index (χ4n) is 2.65. The maximum absolute atomic E-state index is 12.2. The lowest BCUT2D eigenvalue weighted by Crippen LogP contribution is -2.50. The second-order valence-electron chi connectivity index (χ2n) is 5.58. The first-order valence-corrected chi connectivity index (χ1v) is 7.96. The third-order valence-electron chi connectivity index (χ3n) is 3.83. The molecule has 1 fully saturated rings. The normalized spacial score (nSPS) is 20.0. The summed E-state index contributed by atoms with van der Waals surface area (Å²) in [5.74, 6) is 0.0220. The van der Waals surface area contributed by atoms with E-state index in [0.29, 0.717) is 13.2 Å². The summed E-state index contributed by atoms with van der Waals surface area (Å²) in [6.45, 7) is 4.21. The summed E-state index contributed by atoms with van der Waals surface area (Å²) >= 11 is 0. The van der Waals surface area contributed by atoms with Crippen molar-refractivity contribution >= 4 is 5.91 Å². The molecule has 2 atom stereocenters. The van der Waals surface area contributed by atoms with E-state index in [1.54, 1.807) is 0 Å². The zero-order valence-corrected chi connectivity index (χ0v) is 12.8. The molecule has 4 heteroatoms. The molecule has 1 aromatic carbocycles. The minimum Gasteiger partial charge on any atom is -0.366 e. The molecule has 1 aliphatic heterocycles. The number of benzene rings is 1. The Kier molecular flexibility index (Phi) is 6.70. The second kappa shape index (κ2) is 8.80. The molecule has 116 valence electrons. The zero-order chi connectivity index (χ0) is 14.9. The molecule has 1 aliphatic rings. The van der Waals surface area contributed by atoms with E-state index in [0.717, 1.165) is 32.2 Å². The Morgan fingerprint density at radius 2 is 2.19 bits per heavy atom. The molecule has 0 aromatic heterocycles. The smallest absolute Gasteiger partial charge is 0.250 e. The van der Waals surface area contributed by atoms with Gasteiger partial charge in [-0.1, -0.05) is 43.7 Å². The number of rotatable bonds is 7. The van der Waals surface area contributed by atoms with Gasteiger partial charge in [-0.3, -0.25) is 4.79 Å². The highest BCUT2D eigenvalue weighted by molar-refractivity contribution is 5.81. The topological polar surface area (TPSA) is 50.4 Å². The van der Waals surface area contributed by atoms with Crippen molar-refractivity contribution in [1.82, 2.24) is 10.6 Å². The molecule has 1 aromatic rings. The summed E-state index contributed by atoms with van der Waals surface area (Å²) in [6.07, 6.45) is 3.72. The highest BCUT2D eigenvalue weighted by Crippen LogP contribution is 2.09. The van der Waals surface area contributed by atoms with Gasteiger partial charge in [-0.2, -0.15) is 0 Å². The maximum atomic E-state index is 12.2. The Bertz CT molecular complexity index is 416. The van der Waals surface area contributed by atoms with Crippen LogP contribution in [0, 0.1) is 0 Å². The van der Waals surface area contributed by atoms with Crippen molar-refractivity contribution in [1.29, 1.82) is 0 Å². The summed E-state index contributed by atoms with van der Waals surface area (Å²) < 4.78 is 5.51. The molecule has 2 rings (SSSR count). The molecule has 21 heavy (non-hydrogen) atoms. The van der Waals surface area contributed by atoms with Gasteiger partial charge in [0.1, 0.15) is 6.10 Å². The van der Waals surface area contributed by atoms with E-state index in [-0.39, 0.29) is 18.1 Å². The number of morpholine rings is 1. The van der Waals surface area contributed by atoms with Gasteiger partial charge in [0.2, 0.25) is 0 Å². The van der Waals surface area contributed by atoms with Crippen LogP contribution < -0.4 is 10.6 Å². The van der Waals surface area contributed by atoms with Crippen molar-refractivity contribution in [3.63, 3.8) is 0 Å². The van der Waals surface area contributed by atoms with Crippen molar-refractivity contribution in [3.8, 4) is 0 Å². The first-order valence-electron chi connectivity index (χ1n) is 7.96. The number of ether oxygens (including phenoxy) is 1. The van der Waals surface area contributed by atoms with Crippen LogP contribution in [0.1, 0.15) is 31.7 Å². The highest BCUT2D eigenvalue weighted by atomic mass is 16.5. The lowest BCUT2D eigenvalue weighted by Gasteiger charge is -2.26. The average molecular weight is 290 g/mol. The van der Waals surface area contributed by atoms with Gasteiger partial charge < -0.3 is 15.4 Å². The second-order valence-corrected chi connectivity index (χ2v) is 5.58. The largest absolute Gasteiger partial charge is 0.366 e. The number of amides is 1. The summed E-state index contributed by atoms with van der Waals surface area (Å²) in [5, 5.41) is 6.35. The summed E-state index contributed by atoms with van der Waals surface area (Å²) in [7, 11) is 0. The molecule has 0 aliphatic carbocycles. The monoisotopic (exact) mass is 290 g/mol. The van der Waals surface area contributed by atoms with Gasteiger partial charge in [0.15, 0.2) is 0 Å². The predicted molar refractivity (Wildman–Crippen MR) is 84.2 cm³/mol. The van der Waals surface area contributed by atoms with Gasteiger partial charge in [-0.25, -0.2) is 0 Å². The standard InChI is InChI=1S/C17H26N2O2/c1-2-6-15(10-9-14-7-4-3-5-8-14)19-17(20)16-13-18-11-12-21-16/h3-5,7-8,15-16,18H,2,6,9-13H2,1H3,(H,19,20)/t15-,16+/m0/s1. The number of carbonyl (C=O) groups is 1. The lowest BCUT2D eigenvalue weighted by atomic mass is 10.0. The molecule has 1 amide bonds. The molecule has 1 heterocycles. The van der Waals surface area contributed by atoms with Gasteiger partial charge in [-0.15, -0.1) is 0 Å². The van der Waals surface area contributed by atoms with E-state index in [1.807, 2.05) is 6.07 Å². The van der Waals surface area contributed by atoms with Crippen LogP contribution in [0.5, 0.6) is 0 Å². The number of aryl methyl sites for hydroxylation is 1. The Morgan fingerprint density at radius 1 is 1.38 bits per heavy atom. The number of carbonyl (C=O) groups excluding carboxylic acids is 1. The predicted octanol–water partition coefficient (Wildman–Crippen LogP) is 1.89. The fraction of sp³-hybridized carbons (Fsp3) is 0.588. The molecule has 0 saturated carbocycles. The van der Waals surface area contributed by atoms with Gasteiger partial charge in [-0.05, 0) is 24.8 Å². The Morgan fingerprint density at radius 3 is 2.86 bits per heavy atom. The minimum atomic E-state index is -0.338. The average Bonchev–Trinajstić information content (AvgIpc) is 2.54. The molecule has 4 nitrogen and oxygen atoms in total. The van der Waals surface area contributed by atoms with Crippen LogP contribution in [-0.4, -0.2) is 37.7 Å². The van der Waals surface area contributed by atoms with Crippen LogP contribution in [0.15, 0.2) is 30.3 Å². The molecule has 1 saturated heterocycles. The van der Waals surface area contributed by atoms with E-state index < -0.39 is 0 Å². The maximum Gasteiger partial charge on any atom is 0.250 e. The fourth-order valence-corrected chi connectivity index (χ4v) is 2.65. The number of hydrogen-bond acceptors (Lipinski definition) is 3. The first kappa shape index (κ1) is 16.0. The highest BCUT2D eigenvalue weighted by Gasteiger charge is 2.23. The Balaban J connectivity index is 1.81. The Labute approximate surface area is 127 Å². The quantitative estimate of drug-likeness (QED) is 0.806. The molecule has 0 radical (unpaired) electrons. The lowest BCUT2D eigenvalue weighted by molar-refractivity contribution is -0.135. The van der Waals surface area contributed by atoms with Gasteiger partial charge in [0, 0.05) is 19.1 Å². The molecular weight excluding hydrogens is 264 g/mol. The SMILES string of the molecule is CCC[C@@H](CCc1ccccc1)NC(=O)[C@H]1CNCCO1. The van der Waals surface area contributed by atoms with E-state index in [1.165, 1.54) is 5.56 Å². The van der Waals surface area contributed by atoms with Crippen LogP contribution in [0.25, 0.3) is 0 Å². The van der Waals surface area contributed by atoms with Crippen LogP contribution in [-0.2, 0) is 16.0 Å². The third kappa shape index (κ3) is 5.48. The summed E-state index contributed by atoms with van der Waals surface area (Å²) in [6, 6.07) is 10.7. The van der Waals surface area contributed by atoms with Crippen LogP contribution in [0.2, 0.25) is 0 Å². The third-order valence-corrected chi connectivity index (χ3v) is 3.83. The van der Waals surface area contributed by atoms with Gasteiger partial charge in [0.25, 0.3) is 5.91 Å². The van der Waals surface area contributed by atoms with Crippen LogP contribution in [0.3, 0.4) is 0 Å². The molecule has 2 N–H and O–H groups in total. The van der Waals surface area contributed by atoms with Gasteiger partial charge >= 0.3 is 0 Å². The first-order chi connectivity index (χ1) is 10.3. The van der Waals surface area contributed by atoms with Crippen molar-refractivity contribution in [2.45, 2.75) is 44.8 Å².